The summed E-state index contributed by atoms with van der Waals surface area (Å²) in [7, 11) is 0. The Labute approximate surface area is 150 Å². The van der Waals surface area contributed by atoms with Crippen molar-refractivity contribution in [3.8, 4) is 0 Å². The van der Waals surface area contributed by atoms with Crippen molar-refractivity contribution in [2.24, 2.45) is 0 Å². The molecule has 0 bridgehead atoms. The number of pyridine rings is 1. The normalized spacial score (nSPS) is 16.8. The zero-order valence-corrected chi connectivity index (χ0v) is 14.4. The van der Waals surface area contributed by atoms with Crippen LogP contribution in [0.25, 0.3) is 10.9 Å². The lowest BCUT2D eigenvalue weighted by Gasteiger charge is -2.23. The van der Waals surface area contributed by atoms with Crippen molar-refractivity contribution in [2.75, 3.05) is 11.9 Å². The highest BCUT2D eigenvalue weighted by atomic mass is 16.2. The number of H-pyrrole nitrogens is 1. The van der Waals surface area contributed by atoms with Crippen molar-refractivity contribution in [1.82, 2.24) is 20.1 Å². The smallest absolute Gasteiger partial charge is 0.273 e. The van der Waals surface area contributed by atoms with Crippen LogP contribution in [-0.2, 0) is 4.79 Å². The van der Waals surface area contributed by atoms with E-state index in [0.29, 0.717) is 24.3 Å². The molecule has 1 aliphatic rings. The fourth-order valence-electron chi connectivity index (χ4n) is 3.37. The van der Waals surface area contributed by atoms with Crippen LogP contribution in [0.15, 0.2) is 42.6 Å². The first-order valence-corrected chi connectivity index (χ1v) is 8.61. The molecule has 4 rings (SSSR count). The number of amides is 2. The Kier molecular flexibility index (Phi) is 4.12. The van der Waals surface area contributed by atoms with Crippen molar-refractivity contribution in [2.45, 2.75) is 25.8 Å². The molecule has 1 saturated heterocycles. The number of carbonyl (C=O) groups is 2. The molecule has 7 nitrogen and oxygen atoms in total. The maximum atomic E-state index is 12.7. The van der Waals surface area contributed by atoms with Gasteiger partial charge in [-0.25, -0.2) is 0 Å². The molecule has 1 aromatic carbocycles. The molecule has 0 radical (unpaired) electrons. The van der Waals surface area contributed by atoms with Gasteiger partial charge < -0.3 is 10.2 Å². The fraction of sp³-hybridized carbons (Fsp3) is 0.263. The van der Waals surface area contributed by atoms with Gasteiger partial charge in [0.2, 0.25) is 5.91 Å². The lowest BCUT2D eigenvalue weighted by atomic mass is 10.1. The minimum atomic E-state index is -0.485. The van der Waals surface area contributed by atoms with Gasteiger partial charge in [0.15, 0.2) is 0 Å². The van der Waals surface area contributed by atoms with Gasteiger partial charge in [0.25, 0.3) is 5.91 Å². The largest absolute Gasteiger partial charge is 0.325 e. The molecular formula is C19H19N5O2. The highest BCUT2D eigenvalue weighted by Crippen LogP contribution is 2.23. The van der Waals surface area contributed by atoms with Crippen LogP contribution in [-0.4, -0.2) is 44.5 Å². The van der Waals surface area contributed by atoms with E-state index in [1.807, 2.05) is 25.1 Å². The minimum Gasteiger partial charge on any atom is -0.325 e. The van der Waals surface area contributed by atoms with Crippen LogP contribution in [0.1, 0.15) is 29.0 Å². The second-order valence-electron chi connectivity index (χ2n) is 6.44. The van der Waals surface area contributed by atoms with Gasteiger partial charge in [0, 0.05) is 29.5 Å². The highest BCUT2D eigenvalue weighted by Gasteiger charge is 2.35. The molecule has 3 heterocycles. The topological polar surface area (TPSA) is 91.0 Å². The van der Waals surface area contributed by atoms with E-state index in [-0.39, 0.29) is 11.8 Å². The lowest BCUT2D eigenvalue weighted by molar-refractivity contribution is -0.119. The minimum absolute atomic E-state index is 0.182. The highest BCUT2D eigenvalue weighted by molar-refractivity contribution is 6.01. The first-order chi connectivity index (χ1) is 12.6. The van der Waals surface area contributed by atoms with Crippen molar-refractivity contribution in [3.63, 3.8) is 0 Å². The number of rotatable bonds is 3. The molecule has 3 aromatic rings. The van der Waals surface area contributed by atoms with E-state index in [2.05, 4.69) is 20.5 Å². The Hall–Kier alpha value is -3.22. The van der Waals surface area contributed by atoms with Gasteiger partial charge in [0.05, 0.1) is 5.52 Å². The van der Waals surface area contributed by atoms with Crippen LogP contribution in [0, 0.1) is 6.92 Å². The molecule has 0 aliphatic carbocycles. The number of nitrogens with one attached hydrogen (secondary N) is 2. The molecule has 0 saturated carbocycles. The van der Waals surface area contributed by atoms with Crippen LogP contribution in [0.2, 0.25) is 0 Å². The molecule has 2 amide bonds. The van der Waals surface area contributed by atoms with Crippen LogP contribution < -0.4 is 5.32 Å². The summed E-state index contributed by atoms with van der Waals surface area (Å²) in [5.41, 5.74) is 2.82. The molecule has 132 valence electrons. The molecule has 2 N–H and O–H groups in total. The number of hydrogen-bond acceptors (Lipinski definition) is 4. The van der Waals surface area contributed by atoms with Gasteiger partial charge in [-0.15, -0.1) is 0 Å². The van der Waals surface area contributed by atoms with E-state index in [9.17, 15) is 9.59 Å². The van der Waals surface area contributed by atoms with Crippen molar-refractivity contribution >= 4 is 28.4 Å². The number of anilines is 1. The molecule has 26 heavy (non-hydrogen) atoms. The predicted molar refractivity (Wildman–Crippen MR) is 97.8 cm³/mol. The van der Waals surface area contributed by atoms with Crippen molar-refractivity contribution in [1.29, 1.82) is 0 Å². The summed E-state index contributed by atoms with van der Waals surface area (Å²) in [5, 5.41) is 11.1. The summed E-state index contributed by atoms with van der Waals surface area (Å²) in [6.07, 6.45) is 3.03. The van der Waals surface area contributed by atoms with E-state index >= 15 is 0 Å². The number of aromatic amines is 1. The van der Waals surface area contributed by atoms with Crippen LogP contribution in [0.3, 0.4) is 0 Å². The number of nitrogens with zero attached hydrogens (tertiary/aromatic N) is 3. The average molecular weight is 349 g/mol. The number of fused-ring (bicyclic) bond motifs is 1. The summed E-state index contributed by atoms with van der Waals surface area (Å²) < 4.78 is 0. The Morgan fingerprint density at radius 3 is 2.96 bits per heavy atom. The Morgan fingerprint density at radius 1 is 1.27 bits per heavy atom. The van der Waals surface area contributed by atoms with Crippen LogP contribution in [0.5, 0.6) is 0 Å². The molecule has 1 fully saturated rings. The zero-order chi connectivity index (χ0) is 18.1. The molecule has 1 aliphatic heterocycles. The van der Waals surface area contributed by atoms with E-state index in [1.54, 1.807) is 29.3 Å². The van der Waals surface area contributed by atoms with E-state index < -0.39 is 6.04 Å². The fourth-order valence-corrected chi connectivity index (χ4v) is 3.37. The molecule has 0 spiro atoms. The summed E-state index contributed by atoms with van der Waals surface area (Å²) in [6.45, 7) is 2.51. The van der Waals surface area contributed by atoms with Gasteiger partial charge in [-0.2, -0.15) is 5.10 Å². The quantitative estimate of drug-likeness (QED) is 0.760. The first-order valence-electron chi connectivity index (χ1n) is 8.61. The number of hydrogen-bond donors (Lipinski definition) is 2. The van der Waals surface area contributed by atoms with E-state index in [0.717, 1.165) is 23.0 Å². The summed E-state index contributed by atoms with van der Waals surface area (Å²) in [4.78, 5) is 31.1. The monoisotopic (exact) mass is 349 g/mol. The second-order valence-corrected chi connectivity index (χ2v) is 6.44. The maximum Gasteiger partial charge on any atom is 0.273 e. The molecular weight excluding hydrogens is 330 g/mol. The first kappa shape index (κ1) is 16.3. The molecule has 2 aromatic heterocycles. The van der Waals surface area contributed by atoms with Crippen molar-refractivity contribution < 1.29 is 9.59 Å². The SMILES string of the molecule is Cc1[nH]nc2cc(NC(=O)[C@@H]3CCCN3C(=O)c3ccccn3)ccc12. The van der Waals surface area contributed by atoms with Gasteiger partial charge in [-0.3, -0.25) is 19.7 Å². The summed E-state index contributed by atoms with van der Waals surface area (Å²) in [5.74, 6) is -0.389. The number of likely N-dealkylation sites (tertiary alicyclic amines) is 1. The number of aromatic nitrogens is 3. The van der Waals surface area contributed by atoms with Gasteiger partial charge in [0.1, 0.15) is 11.7 Å². The van der Waals surface area contributed by atoms with Crippen molar-refractivity contribution in [3.05, 3.63) is 54.0 Å². The lowest BCUT2D eigenvalue weighted by Crippen LogP contribution is -2.43. The van der Waals surface area contributed by atoms with Gasteiger partial charge in [-0.05, 0) is 50.1 Å². The standard InChI is InChI=1S/C19H19N5O2/c1-12-14-8-7-13(11-16(14)23-22-12)21-18(25)17-6-4-10-24(17)19(26)15-5-2-3-9-20-15/h2-3,5,7-9,11,17H,4,6,10H2,1H3,(H,21,25)(H,22,23)/t17-/m0/s1. The van der Waals surface area contributed by atoms with E-state index in [1.165, 1.54) is 0 Å². The number of aryl methyl sites for hydroxylation is 1. The van der Waals surface area contributed by atoms with Crippen LogP contribution >= 0.6 is 0 Å². The number of carbonyl (C=O) groups excluding carboxylic acids is 2. The van der Waals surface area contributed by atoms with Gasteiger partial charge in [-0.1, -0.05) is 6.07 Å². The third-order valence-corrected chi connectivity index (χ3v) is 4.71. The summed E-state index contributed by atoms with van der Waals surface area (Å²) in [6, 6.07) is 10.3. The molecule has 7 heteroatoms. The van der Waals surface area contributed by atoms with E-state index in [4.69, 9.17) is 0 Å². The Balaban J connectivity index is 1.51. The third-order valence-electron chi connectivity index (χ3n) is 4.71. The van der Waals surface area contributed by atoms with Crippen LogP contribution in [0.4, 0.5) is 5.69 Å². The average Bonchev–Trinajstić information content (AvgIpc) is 3.29. The third kappa shape index (κ3) is 2.92. The Morgan fingerprint density at radius 2 is 2.15 bits per heavy atom. The maximum absolute atomic E-state index is 12.7. The zero-order valence-electron chi connectivity index (χ0n) is 14.4. The molecule has 1 atom stereocenters. The second kappa shape index (κ2) is 6.59. The predicted octanol–water partition coefficient (Wildman–Crippen LogP) is 2.51. The number of benzene rings is 1. The van der Waals surface area contributed by atoms with Gasteiger partial charge >= 0.3 is 0 Å². The molecule has 0 unspecified atom stereocenters. The summed E-state index contributed by atoms with van der Waals surface area (Å²) >= 11 is 0. The Bertz CT molecular complexity index is 966.